The number of halogens is 2. The van der Waals surface area contributed by atoms with Crippen LogP contribution in [-0.2, 0) is 16.0 Å². The minimum atomic E-state index is -0.621. The molecule has 0 fully saturated rings. The number of fused-ring (bicyclic) bond motifs is 1. The van der Waals surface area contributed by atoms with E-state index in [0.717, 1.165) is 16.5 Å². The second kappa shape index (κ2) is 9.39. The summed E-state index contributed by atoms with van der Waals surface area (Å²) in [5, 5.41) is 6.19. The van der Waals surface area contributed by atoms with Crippen LogP contribution in [0.4, 0.5) is 4.39 Å². The normalized spacial score (nSPS) is 11.9. The molecule has 25 heavy (non-hydrogen) atoms. The van der Waals surface area contributed by atoms with E-state index in [4.69, 9.17) is 5.73 Å². The van der Waals surface area contributed by atoms with Gasteiger partial charge in [-0.1, -0.05) is 13.8 Å². The van der Waals surface area contributed by atoms with Gasteiger partial charge in [0.2, 0.25) is 11.8 Å². The zero-order valence-corrected chi connectivity index (χ0v) is 15.1. The van der Waals surface area contributed by atoms with Crippen molar-refractivity contribution < 1.29 is 14.0 Å². The molecule has 0 unspecified atom stereocenters. The van der Waals surface area contributed by atoms with Gasteiger partial charge < -0.3 is 21.4 Å². The molecule has 8 heteroatoms. The summed E-state index contributed by atoms with van der Waals surface area (Å²) in [6, 6.07) is 3.94. The Bertz CT molecular complexity index is 733. The van der Waals surface area contributed by atoms with Gasteiger partial charge in [-0.05, 0) is 36.1 Å². The first-order valence-corrected chi connectivity index (χ1v) is 7.94. The van der Waals surface area contributed by atoms with Crippen molar-refractivity contribution >= 4 is 35.1 Å². The second-order valence-electron chi connectivity index (χ2n) is 6.09. The Morgan fingerprint density at radius 1 is 1.28 bits per heavy atom. The molecule has 1 aromatic carbocycles. The number of nitrogens with two attached hydrogens (primary N) is 1. The largest absolute Gasteiger partial charge is 0.361 e. The number of amides is 2. The number of benzene rings is 1. The second-order valence-corrected chi connectivity index (χ2v) is 6.09. The molecule has 0 saturated heterocycles. The van der Waals surface area contributed by atoms with E-state index in [1.807, 2.05) is 13.8 Å². The lowest BCUT2D eigenvalue weighted by Crippen LogP contribution is -2.47. The monoisotopic (exact) mass is 370 g/mol. The first kappa shape index (κ1) is 20.9. The van der Waals surface area contributed by atoms with Crippen LogP contribution in [0.2, 0.25) is 0 Å². The number of hydrogen-bond acceptors (Lipinski definition) is 3. The SMILES string of the molecule is CC(C)[C@H](N)C(=O)NCC(=O)NCCc1c[nH]c2cc(F)ccc12.Cl. The van der Waals surface area contributed by atoms with Crippen molar-refractivity contribution in [1.29, 1.82) is 0 Å². The molecular formula is C17H24ClFN4O2. The minimum Gasteiger partial charge on any atom is -0.361 e. The van der Waals surface area contributed by atoms with Gasteiger partial charge in [0, 0.05) is 23.6 Å². The van der Waals surface area contributed by atoms with Crippen molar-refractivity contribution in [2.75, 3.05) is 13.1 Å². The van der Waals surface area contributed by atoms with Gasteiger partial charge in [-0.3, -0.25) is 9.59 Å². The summed E-state index contributed by atoms with van der Waals surface area (Å²) in [4.78, 5) is 26.4. The number of aromatic amines is 1. The summed E-state index contributed by atoms with van der Waals surface area (Å²) in [5.74, 6) is -0.886. The van der Waals surface area contributed by atoms with Crippen LogP contribution in [0.5, 0.6) is 0 Å². The van der Waals surface area contributed by atoms with E-state index < -0.39 is 6.04 Å². The number of H-pyrrole nitrogens is 1. The summed E-state index contributed by atoms with van der Waals surface area (Å²) in [5.41, 5.74) is 7.42. The van der Waals surface area contributed by atoms with Crippen molar-refractivity contribution in [3.05, 3.63) is 35.8 Å². The quantitative estimate of drug-likeness (QED) is 0.594. The lowest BCUT2D eigenvalue weighted by molar-refractivity contribution is -0.127. The molecule has 1 heterocycles. The Labute approximate surface area is 152 Å². The number of hydrogen-bond donors (Lipinski definition) is 4. The topological polar surface area (TPSA) is 100 Å². The first-order chi connectivity index (χ1) is 11.4. The van der Waals surface area contributed by atoms with Crippen LogP contribution in [-0.4, -0.2) is 35.9 Å². The Balaban J connectivity index is 0.00000312. The van der Waals surface area contributed by atoms with Crippen molar-refractivity contribution in [3.8, 4) is 0 Å². The predicted molar refractivity (Wildman–Crippen MR) is 98.0 cm³/mol. The maximum Gasteiger partial charge on any atom is 0.239 e. The average molecular weight is 371 g/mol. The maximum atomic E-state index is 13.1. The Morgan fingerprint density at radius 3 is 2.68 bits per heavy atom. The molecule has 2 rings (SSSR count). The van der Waals surface area contributed by atoms with Crippen LogP contribution in [0.3, 0.4) is 0 Å². The third kappa shape index (κ3) is 5.72. The lowest BCUT2D eigenvalue weighted by atomic mass is 10.1. The van der Waals surface area contributed by atoms with E-state index in [-0.39, 0.29) is 42.5 Å². The molecule has 2 aromatic rings. The molecule has 2 amide bonds. The number of aromatic nitrogens is 1. The van der Waals surface area contributed by atoms with Gasteiger partial charge in [0.15, 0.2) is 0 Å². The minimum absolute atomic E-state index is 0. The van der Waals surface area contributed by atoms with Crippen molar-refractivity contribution in [2.45, 2.75) is 26.3 Å². The Hall–Kier alpha value is -2.12. The smallest absolute Gasteiger partial charge is 0.239 e. The molecule has 1 atom stereocenters. The predicted octanol–water partition coefficient (Wildman–Crippen LogP) is 1.49. The van der Waals surface area contributed by atoms with Crippen molar-refractivity contribution in [2.24, 2.45) is 11.7 Å². The molecule has 0 aliphatic carbocycles. The fraction of sp³-hybridized carbons (Fsp3) is 0.412. The summed E-state index contributed by atoms with van der Waals surface area (Å²) in [7, 11) is 0. The highest BCUT2D eigenvalue weighted by atomic mass is 35.5. The number of carbonyl (C=O) groups excluding carboxylic acids is 2. The number of rotatable bonds is 7. The lowest BCUT2D eigenvalue weighted by Gasteiger charge is -2.15. The van der Waals surface area contributed by atoms with Crippen molar-refractivity contribution in [3.63, 3.8) is 0 Å². The van der Waals surface area contributed by atoms with Gasteiger partial charge in [-0.2, -0.15) is 0 Å². The number of carbonyl (C=O) groups is 2. The highest BCUT2D eigenvalue weighted by Crippen LogP contribution is 2.19. The molecule has 6 nitrogen and oxygen atoms in total. The van der Waals surface area contributed by atoms with Gasteiger partial charge in [-0.15, -0.1) is 12.4 Å². The van der Waals surface area contributed by atoms with Crippen LogP contribution in [0.15, 0.2) is 24.4 Å². The molecule has 0 saturated carbocycles. The van der Waals surface area contributed by atoms with Gasteiger partial charge >= 0.3 is 0 Å². The summed E-state index contributed by atoms with van der Waals surface area (Å²) in [6.45, 7) is 4.02. The van der Waals surface area contributed by atoms with Crippen LogP contribution in [0.1, 0.15) is 19.4 Å². The van der Waals surface area contributed by atoms with Gasteiger partial charge in [-0.25, -0.2) is 4.39 Å². The van der Waals surface area contributed by atoms with Gasteiger partial charge in [0.05, 0.1) is 12.6 Å². The zero-order valence-electron chi connectivity index (χ0n) is 14.3. The van der Waals surface area contributed by atoms with E-state index in [0.29, 0.717) is 13.0 Å². The first-order valence-electron chi connectivity index (χ1n) is 7.94. The fourth-order valence-corrected chi connectivity index (χ4v) is 2.35. The Kier molecular flexibility index (Phi) is 7.86. The maximum absolute atomic E-state index is 13.1. The van der Waals surface area contributed by atoms with E-state index in [1.165, 1.54) is 12.1 Å². The average Bonchev–Trinajstić information content (AvgIpc) is 2.93. The standard InChI is InChI=1S/C17H23FN4O2.ClH/c1-10(2)16(19)17(24)22-9-15(23)20-6-5-11-8-21-14-7-12(18)3-4-13(11)14;/h3-4,7-8,10,16,21H,5-6,9,19H2,1-2H3,(H,20,23)(H,22,24);1H/t16-;/m0./s1. The van der Waals surface area contributed by atoms with Gasteiger partial charge in [0.25, 0.3) is 0 Å². The van der Waals surface area contributed by atoms with Crippen LogP contribution in [0, 0.1) is 11.7 Å². The number of nitrogens with one attached hydrogen (secondary N) is 3. The van der Waals surface area contributed by atoms with Crippen molar-refractivity contribution in [1.82, 2.24) is 15.6 Å². The molecule has 0 radical (unpaired) electrons. The van der Waals surface area contributed by atoms with Crippen LogP contribution >= 0.6 is 12.4 Å². The summed E-state index contributed by atoms with van der Waals surface area (Å²) in [6.07, 6.45) is 2.41. The highest BCUT2D eigenvalue weighted by Gasteiger charge is 2.17. The molecule has 0 aliphatic heterocycles. The molecule has 5 N–H and O–H groups in total. The van der Waals surface area contributed by atoms with E-state index in [9.17, 15) is 14.0 Å². The summed E-state index contributed by atoms with van der Waals surface area (Å²) < 4.78 is 13.1. The van der Waals surface area contributed by atoms with E-state index in [2.05, 4.69) is 15.6 Å². The molecular weight excluding hydrogens is 347 g/mol. The third-order valence-corrected chi connectivity index (χ3v) is 3.89. The van der Waals surface area contributed by atoms with Crippen LogP contribution in [0.25, 0.3) is 10.9 Å². The molecule has 138 valence electrons. The Morgan fingerprint density at radius 2 is 2.00 bits per heavy atom. The molecule has 1 aromatic heterocycles. The third-order valence-electron chi connectivity index (χ3n) is 3.89. The molecule has 0 spiro atoms. The van der Waals surface area contributed by atoms with E-state index in [1.54, 1.807) is 12.3 Å². The van der Waals surface area contributed by atoms with Gasteiger partial charge in [0.1, 0.15) is 5.82 Å². The van der Waals surface area contributed by atoms with Crippen LogP contribution < -0.4 is 16.4 Å². The molecule has 0 bridgehead atoms. The highest BCUT2D eigenvalue weighted by molar-refractivity contribution is 5.87. The fourth-order valence-electron chi connectivity index (χ4n) is 2.35. The zero-order chi connectivity index (χ0) is 17.7. The summed E-state index contributed by atoms with van der Waals surface area (Å²) >= 11 is 0. The van der Waals surface area contributed by atoms with E-state index >= 15 is 0 Å². The molecule has 0 aliphatic rings.